The molecule has 0 aliphatic carbocycles. The molecular formula is C19H22BrNO. The summed E-state index contributed by atoms with van der Waals surface area (Å²) in [6.07, 6.45) is 0. The maximum atomic E-state index is 5.85. The summed E-state index contributed by atoms with van der Waals surface area (Å²) in [6.45, 7) is 5.40. The fraction of sp³-hybridized carbons (Fsp3) is 0.316. The average Bonchev–Trinajstić information content (AvgIpc) is 2.57. The Kier molecular flexibility index (Phi) is 6.34. The summed E-state index contributed by atoms with van der Waals surface area (Å²) in [6, 6.07) is 20.6. The number of aliphatic imine (C=N–C) groups is 1. The molecule has 0 N–H and O–H groups in total. The Morgan fingerprint density at radius 3 is 1.91 bits per heavy atom. The predicted molar refractivity (Wildman–Crippen MR) is 97.2 cm³/mol. The van der Waals surface area contributed by atoms with Crippen LogP contribution in [0, 0.1) is 0 Å². The van der Waals surface area contributed by atoms with E-state index in [4.69, 9.17) is 9.73 Å². The first-order chi connectivity index (χ1) is 10.7. The molecule has 2 rings (SSSR count). The molecule has 1 unspecified atom stereocenters. The van der Waals surface area contributed by atoms with E-state index in [0.717, 1.165) is 22.2 Å². The highest BCUT2D eigenvalue weighted by Gasteiger charge is 2.23. The molecule has 116 valence electrons. The number of ether oxygens (including phenoxy) is 1. The van der Waals surface area contributed by atoms with E-state index in [1.54, 1.807) is 0 Å². The van der Waals surface area contributed by atoms with Crippen molar-refractivity contribution in [3.63, 3.8) is 0 Å². The minimum Gasteiger partial charge on any atom is -0.373 e. The molecule has 0 radical (unpaired) electrons. The summed E-state index contributed by atoms with van der Waals surface area (Å²) in [5.74, 6) is 0. The lowest BCUT2D eigenvalue weighted by Crippen LogP contribution is -2.34. The number of alkyl halides is 1. The largest absolute Gasteiger partial charge is 0.373 e. The van der Waals surface area contributed by atoms with Crippen LogP contribution in [0.1, 0.15) is 25.0 Å². The molecule has 0 saturated carbocycles. The molecule has 0 spiro atoms. The van der Waals surface area contributed by atoms with E-state index in [1.807, 2.05) is 43.3 Å². The van der Waals surface area contributed by atoms with Crippen molar-refractivity contribution in [1.29, 1.82) is 0 Å². The number of halogens is 1. The Labute approximate surface area is 141 Å². The second-order valence-electron chi connectivity index (χ2n) is 5.41. The zero-order valence-electron chi connectivity index (χ0n) is 13.1. The molecule has 2 aromatic rings. The fourth-order valence-electron chi connectivity index (χ4n) is 2.26. The zero-order valence-corrected chi connectivity index (χ0v) is 14.7. The number of rotatable bonds is 7. The van der Waals surface area contributed by atoms with Gasteiger partial charge in [-0.2, -0.15) is 0 Å². The molecule has 0 aromatic heterocycles. The third-order valence-electron chi connectivity index (χ3n) is 3.44. The van der Waals surface area contributed by atoms with Gasteiger partial charge in [-0.25, -0.2) is 0 Å². The predicted octanol–water partition coefficient (Wildman–Crippen LogP) is 4.71. The number of hydrogen-bond donors (Lipinski definition) is 0. The Hall–Kier alpha value is -1.45. The van der Waals surface area contributed by atoms with Crippen LogP contribution in [0.2, 0.25) is 0 Å². The van der Waals surface area contributed by atoms with Gasteiger partial charge in [-0.15, -0.1) is 0 Å². The van der Waals surface area contributed by atoms with Gasteiger partial charge in [0, 0.05) is 23.1 Å². The van der Waals surface area contributed by atoms with Crippen LogP contribution in [-0.4, -0.2) is 29.8 Å². The quantitative estimate of drug-likeness (QED) is 0.517. The van der Waals surface area contributed by atoms with Gasteiger partial charge in [0.2, 0.25) is 0 Å². The molecule has 0 heterocycles. The van der Waals surface area contributed by atoms with Crippen molar-refractivity contribution in [2.24, 2.45) is 4.99 Å². The summed E-state index contributed by atoms with van der Waals surface area (Å²) in [5, 5.41) is 0.758. The summed E-state index contributed by atoms with van der Waals surface area (Å²) < 4.78 is 5.85. The average molecular weight is 360 g/mol. The molecule has 0 fully saturated rings. The number of benzene rings is 2. The molecular weight excluding hydrogens is 338 g/mol. The van der Waals surface area contributed by atoms with Crippen LogP contribution in [0.25, 0.3) is 0 Å². The normalized spacial score (nSPS) is 13.4. The highest BCUT2D eigenvalue weighted by Crippen LogP contribution is 2.17. The molecule has 2 aromatic carbocycles. The highest BCUT2D eigenvalue weighted by molar-refractivity contribution is 9.09. The van der Waals surface area contributed by atoms with Crippen molar-refractivity contribution in [2.45, 2.75) is 19.4 Å². The number of nitrogens with zero attached hydrogens (tertiary/aromatic N) is 1. The minimum absolute atomic E-state index is 0.288. The van der Waals surface area contributed by atoms with Gasteiger partial charge in [0.05, 0.1) is 17.9 Å². The maximum Gasteiger partial charge on any atom is 0.0944 e. The van der Waals surface area contributed by atoms with Crippen LogP contribution < -0.4 is 0 Å². The SMILES string of the molecule is CCOC(C)(CBr)CN=C(c1ccccc1)c1ccccc1. The van der Waals surface area contributed by atoms with E-state index < -0.39 is 0 Å². The molecule has 0 saturated heterocycles. The minimum atomic E-state index is -0.288. The molecule has 22 heavy (non-hydrogen) atoms. The lowest BCUT2D eigenvalue weighted by atomic mass is 10.0. The van der Waals surface area contributed by atoms with Crippen LogP contribution in [0.3, 0.4) is 0 Å². The van der Waals surface area contributed by atoms with Gasteiger partial charge >= 0.3 is 0 Å². The molecule has 3 heteroatoms. The van der Waals surface area contributed by atoms with Crippen molar-refractivity contribution in [3.05, 3.63) is 71.8 Å². The van der Waals surface area contributed by atoms with Crippen molar-refractivity contribution in [3.8, 4) is 0 Å². The van der Waals surface area contributed by atoms with Crippen molar-refractivity contribution < 1.29 is 4.74 Å². The van der Waals surface area contributed by atoms with E-state index in [9.17, 15) is 0 Å². The molecule has 0 bridgehead atoms. The Morgan fingerprint density at radius 1 is 1.00 bits per heavy atom. The first kappa shape index (κ1) is 16.9. The van der Waals surface area contributed by atoms with E-state index in [-0.39, 0.29) is 5.60 Å². The smallest absolute Gasteiger partial charge is 0.0944 e. The third-order valence-corrected chi connectivity index (χ3v) is 4.63. The standard InChI is InChI=1S/C19H22BrNO/c1-3-22-19(2,14-20)15-21-18(16-10-6-4-7-11-16)17-12-8-5-9-13-17/h4-13H,3,14-15H2,1-2H3. The van der Waals surface area contributed by atoms with Crippen LogP contribution in [-0.2, 0) is 4.74 Å². The summed E-state index contributed by atoms with van der Waals surface area (Å²) >= 11 is 3.54. The van der Waals surface area contributed by atoms with Crippen LogP contribution in [0.5, 0.6) is 0 Å². The summed E-state index contributed by atoms with van der Waals surface area (Å²) in [7, 11) is 0. The fourth-order valence-corrected chi connectivity index (χ4v) is 2.60. The summed E-state index contributed by atoms with van der Waals surface area (Å²) in [5.41, 5.74) is 2.97. The lowest BCUT2D eigenvalue weighted by molar-refractivity contribution is 0.00276. The van der Waals surface area contributed by atoms with Crippen LogP contribution in [0.4, 0.5) is 0 Å². The topological polar surface area (TPSA) is 21.6 Å². The lowest BCUT2D eigenvalue weighted by Gasteiger charge is -2.25. The Balaban J connectivity index is 2.35. The van der Waals surface area contributed by atoms with Gasteiger partial charge in [-0.3, -0.25) is 4.99 Å². The number of hydrogen-bond acceptors (Lipinski definition) is 2. The van der Waals surface area contributed by atoms with Crippen molar-refractivity contribution in [1.82, 2.24) is 0 Å². The van der Waals surface area contributed by atoms with Gasteiger partial charge in [0.25, 0.3) is 0 Å². The van der Waals surface area contributed by atoms with E-state index in [1.165, 1.54) is 0 Å². The van der Waals surface area contributed by atoms with Crippen LogP contribution in [0.15, 0.2) is 65.7 Å². The van der Waals surface area contributed by atoms with E-state index in [0.29, 0.717) is 13.2 Å². The van der Waals surface area contributed by atoms with Crippen molar-refractivity contribution in [2.75, 3.05) is 18.5 Å². The highest BCUT2D eigenvalue weighted by atomic mass is 79.9. The van der Waals surface area contributed by atoms with Crippen molar-refractivity contribution >= 4 is 21.6 Å². The second kappa shape index (κ2) is 8.25. The molecule has 0 aliphatic heterocycles. The maximum absolute atomic E-state index is 5.85. The van der Waals surface area contributed by atoms with Gasteiger partial charge < -0.3 is 4.74 Å². The van der Waals surface area contributed by atoms with Gasteiger partial charge in [-0.05, 0) is 13.8 Å². The van der Waals surface area contributed by atoms with E-state index in [2.05, 4.69) is 47.1 Å². The second-order valence-corrected chi connectivity index (χ2v) is 5.97. The first-order valence-corrected chi connectivity index (χ1v) is 8.66. The molecule has 0 amide bonds. The monoisotopic (exact) mass is 359 g/mol. The third kappa shape index (κ3) is 4.52. The molecule has 2 nitrogen and oxygen atoms in total. The van der Waals surface area contributed by atoms with Gasteiger partial charge in [0.1, 0.15) is 0 Å². The summed E-state index contributed by atoms with van der Waals surface area (Å²) in [4.78, 5) is 4.89. The van der Waals surface area contributed by atoms with Crippen LogP contribution >= 0.6 is 15.9 Å². The molecule has 0 aliphatic rings. The first-order valence-electron chi connectivity index (χ1n) is 7.54. The van der Waals surface area contributed by atoms with Gasteiger partial charge in [-0.1, -0.05) is 76.6 Å². The molecule has 1 atom stereocenters. The van der Waals surface area contributed by atoms with E-state index >= 15 is 0 Å². The zero-order chi connectivity index (χ0) is 15.8. The van der Waals surface area contributed by atoms with Gasteiger partial charge in [0.15, 0.2) is 0 Å². The Bertz CT molecular complexity index is 556. The Morgan fingerprint density at radius 2 is 1.50 bits per heavy atom.